The third-order valence-corrected chi connectivity index (χ3v) is 2.50. The molecule has 2 rings (SSSR count). The van der Waals surface area contributed by atoms with Crippen molar-refractivity contribution < 1.29 is 9.90 Å². The Morgan fingerprint density at radius 3 is 2.81 bits per heavy atom. The Morgan fingerprint density at radius 2 is 2.25 bits per heavy atom. The Kier molecular flexibility index (Phi) is 2.62. The van der Waals surface area contributed by atoms with Gasteiger partial charge in [-0.25, -0.2) is 4.79 Å². The van der Waals surface area contributed by atoms with Gasteiger partial charge >= 0.3 is 5.97 Å². The molecular formula is C10H8ClN3O2. The smallest absolute Gasteiger partial charge is 0.358 e. The lowest BCUT2D eigenvalue weighted by Crippen LogP contribution is -2.02. The summed E-state index contributed by atoms with van der Waals surface area (Å²) in [5.74, 6) is -1.11. The number of carboxylic acid groups (broad SMARTS) is 1. The fraction of sp³-hybridized carbons (Fsp3) is 0.100. The second kappa shape index (κ2) is 3.94. The molecule has 1 N–H and O–H groups in total. The van der Waals surface area contributed by atoms with Crippen LogP contribution < -0.4 is 0 Å². The van der Waals surface area contributed by atoms with Crippen molar-refractivity contribution in [2.24, 2.45) is 0 Å². The molecule has 1 heterocycles. The molecule has 6 heteroatoms. The lowest BCUT2D eigenvalue weighted by Gasteiger charge is -2.01. The standard InChI is InChI=1S/C10H8ClN3O2/c1-6-2-3-7(4-8(6)11)14-12-5-9(13-14)10(15)16/h2-5H,1H3,(H,15,16). The van der Waals surface area contributed by atoms with E-state index in [1.165, 1.54) is 11.0 Å². The van der Waals surface area contributed by atoms with Crippen LogP contribution in [0.1, 0.15) is 16.1 Å². The number of carbonyl (C=O) groups is 1. The Bertz CT molecular complexity index is 551. The normalized spacial score (nSPS) is 10.4. The van der Waals surface area contributed by atoms with Gasteiger partial charge in [0.1, 0.15) is 0 Å². The zero-order valence-corrected chi connectivity index (χ0v) is 9.14. The molecule has 0 aliphatic heterocycles. The average molecular weight is 238 g/mol. The predicted octanol–water partition coefficient (Wildman–Crippen LogP) is 1.93. The first-order valence-electron chi connectivity index (χ1n) is 4.50. The summed E-state index contributed by atoms with van der Waals surface area (Å²) in [7, 11) is 0. The van der Waals surface area contributed by atoms with E-state index in [-0.39, 0.29) is 5.69 Å². The summed E-state index contributed by atoms with van der Waals surface area (Å²) in [6, 6.07) is 5.27. The van der Waals surface area contributed by atoms with Gasteiger partial charge in [0.25, 0.3) is 0 Å². The van der Waals surface area contributed by atoms with Crippen LogP contribution in [0, 0.1) is 6.92 Å². The largest absolute Gasteiger partial charge is 0.476 e. The molecule has 0 spiro atoms. The maximum absolute atomic E-state index is 10.6. The molecule has 0 amide bonds. The summed E-state index contributed by atoms with van der Waals surface area (Å²) < 4.78 is 0. The molecule has 0 saturated heterocycles. The second-order valence-corrected chi connectivity index (χ2v) is 3.67. The molecule has 1 aromatic carbocycles. The first-order chi connectivity index (χ1) is 7.58. The van der Waals surface area contributed by atoms with Crippen molar-refractivity contribution in [2.75, 3.05) is 0 Å². The Morgan fingerprint density at radius 1 is 1.50 bits per heavy atom. The van der Waals surface area contributed by atoms with Crippen molar-refractivity contribution >= 4 is 17.6 Å². The highest BCUT2D eigenvalue weighted by molar-refractivity contribution is 6.31. The third-order valence-electron chi connectivity index (χ3n) is 2.10. The summed E-state index contributed by atoms with van der Waals surface area (Å²) >= 11 is 5.95. The fourth-order valence-electron chi connectivity index (χ4n) is 1.19. The lowest BCUT2D eigenvalue weighted by molar-refractivity contribution is 0.0690. The maximum Gasteiger partial charge on any atom is 0.358 e. The van der Waals surface area contributed by atoms with E-state index in [0.29, 0.717) is 10.7 Å². The Hall–Kier alpha value is -1.88. The van der Waals surface area contributed by atoms with Crippen molar-refractivity contribution in [3.05, 3.63) is 40.7 Å². The third kappa shape index (κ3) is 1.90. The van der Waals surface area contributed by atoms with Crippen LogP contribution in [0.4, 0.5) is 0 Å². The van der Waals surface area contributed by atoms with Gasteiger partial charge in [0.2, 0.25) is 0 Å². The van der Waals surface area contributed by atoms with Crippen molar-refractivity contribution in [1.29, 1.82) is 0 Å². The average Bonchev–Trinajstić information content (AvgIpc) is 2.71. The number of rotatable bonds is 2. The molecule has 0 aliphatic carbocycles. The van der Waals surface area contributed by atoms with Gasteiger partial charge in [0.15, 0.2) is 5.69 Å². The van der Waals surface area contributed by atoms with Crippen LogP contribution in [0.2, 0.25) is 5.02 Å². The summed E-state index contributed by atoms with van der Waals surface area (Å²) in [6.07, 6.45) is 1.19. The minimum atomic E-state index is -1.11. The summed E-state index contributed by atoms with van der Waals surface area (Å²) in [5.41, 5.74) is 1.47. The number of hydrogen-bond donors (Lipinski definition) is 1. The van der Waals surface area contributed by atoms with Crippen LogP contribution in [0.3, 0.4) is 0 Å². The van der Waals surface area contributed by atoms with E-state index in [1.807, 2.05) is 13.0 Å². The quantitative estimate of drug-likeness (QED) is 0.867. The molecule has 1 aromatic heterocycles. The summed E-state index contributed by atoms with van der Waals surface area (Å²) in [4.78, 5) is 11.9. The zero-order chi connectivity index (χ0) is 11.7. The lowest BCUT2D eigenvalue weighted by atomic mass is 10.2. The van der Waals surface area contributed by atoms with Crippen molar-refractivity contribution in [3.63, 3.8) is 0 Å². The number of aromatic carboxylic acids is 1. The highest BCUT2D eigenvalue weighted by atomic mass is 35.5. The number of aryl methyl sites for hydroxylation is 1. The van der Waals surface area contributed by atoms with E-state index in [4.69, 9.17) is 16.7 Å². The Balaban J connectivity index is 2.42. The van der Waals surface area contributed by atoms with Gasteiger partial charge in [-0.1, -0.05) is 17.7 Å². The molecule has 0 fully saturated rings. The van der Waals surface area contributed by atoms with Gasteiger partial charge in [0, 0.05) is 5.02 Å². The number of nitrogens with zero attached hydrogens (tertiary/aromatic N) is 3. The molecule has 5 nitrogen and oxygen atoms in total. The molecule has 0 radical (unpaired) electrons. The van der Waals surface area contributed by atoms with Crippen LogP contribution in [-0.4, -0.2) is 26.1 Å². The molecule has 2 aromatic rings. The minimum Gasteiger partial charge on any atom is -0.476 e. The van der Waals surface area contributed by atoms with Crippen LogP contribution >= 0.6 is 11.6 Å². The summed E-state index contributed by atoms with van der Waals surface area (Å²) in [6.45, 7) is 1.88. The van der Waals surface area contributed by atoms with Gasteiger partial charge in [0.05, 0.1) is 11.9 Å². The van der Waals surface area contributed by atoms with Crippen LogP contribution in [0.25, 0.3) is 5.69 Å². The molecule has 0 bridgehead atoms. The van der Waals surface area contributed by atoms with Gasteiger partial charge < -0.3 is 5.11 Å². The molecule has 0 atom stereocenters. The van der Waals surface area contributed by atoms with Crippen molar-refractivity contribution in [3.8, 4) is 5.69 Å². The van der Waals surface area contributed by atoms with E-state index in [9.17, 15) is 4.79 Å². The first-order valence-corrected chi connectivity index (χ1v) is 4.88. The molecule has 82 valence electrons. The van der Waals surface area contributed by atoms with E-state index < -0.39 is 5.97 Å². The molecular weight excluding hydrogens is 230 g/mol. The van der Waals surface area contributed by atoms with Gasteiger partial charge in [-0.15, -0.1) is 5.10 Å². The topological polar surface area (TPSA) is 68.0 Å². The number of carboxylic acids is 1. The van der Waals surface area contributed by atoms with Crippen LogP contribution in [0.5, 0.6) is 0 Å². The first kappa shape index (κ1) is 10.6. The fourth-order valence-corrected chi connectivity index (χ4v) is 1.37. The Labute approximate surface area is 96.3 Å². The molecule has 16 heavy (non-hydrogen) atoms. The second-order valence-electron chi connectivity index (χ2n) is 3.26. The molecule has 0 aliphatic rings. The highest BCUT2D eigenvalue weighted by Gasteiger charge is 2.09. The zero-order valence-electron chi connectivity index (χ0n) is 8.38. The van der Waals surface area contributed by atoms with Crippen molar-refractivity contribution in [2.45, 2.75) is 6.92 Å². The maximum atomic E-state index is 10.6. The SMILES string of the molecule is Cc1ccc(-n2ncc(C(=O)O)n2)cc1Cl. The minimum absolute atomic E-state index is 0.100. The highest BCUT2D eigenvalue weighted by Crippen LogP contribution is 2.18. The summed E-state index contributed by atoms with van der Waals surface area (Å²) in [5, 5.41) is 16.9. The molecule has 0 saturated carbocycles. The number of aromatic nitrogens is 3. The molecule has 0 unspecified atom stereocenters. The number of halogens is 1. The monoisotopic (exact) mass is 237 g/mol. The van der Waals surface area contributed by atoms with E-state index in [2.05, 4.69) is 10.2 Å². The van der Waals surface area contributed by atoms with Gasteiger partial charge in [-0.05, 0) is 24.6 Å². The van der Waals surface area contributed by atoms with E-state index >= 15 is 0 Å². The van der Waals surface area contributed by atoms with Crippen molar-refractivity contribution in [1.82, 2.24) is 15.0 Å². The number of benzene rings is 1. The van der Waals surface area contributed by atoms with Crippen LogP contribution in [0.15, 0.2) is 24.4 Å². The van der Waals surface area contributed by atoms with E-state index in [1.54, 1.807) is 12.1 Å². The predicted molar refractivity (Wildman–Crippen MR) is 58.1 cm³/mol. The van der Waals surface area contributed by atoms with Crippen LogP contribution in [-0.2, 0) is 0 Å². The van der Waals surface area contributed by atoms with Gasteiger partial charge in [-0.2, -0.15) is 9.90 Å². The van der Waals surface area contributed by atoms with E-state index in [0.717, 1.165) is 5.56 Å². The van der Waals surface area contributed by atoms with Gasteiger partial charge in [-0.3, -0.25) is 0 Å². The number of hydrogen-bond acceptors (Lipinski definition) is 3.